The topological polar surface area (TPSA) is 44.1 Å². The van der Waals surface area contributed by atoms with E-state index in [4.69, 9.17) is 4.74 Å². The molecule has 100 valence electrons. The van der Waals surface area contributed by atoms with E-state index in [1.165, 1.54) is 0 Å². The Kier molecular flexibility index (Phi) is 3.21. The summed E-state index contributed by atoms with van der Waals surface area (Å²) in [7, 11) is 1.98. The Balaban J connectivity index is 1.79. The number of hydrogen-bond acceptors (Lipinski definition) is 3. The number of carbonyl (C=O) groups is 1. The molecule has 0 saturated carbocycles. The van der Waals surface area contributed by atoms with E-state index in [2.05, 4.69) is 4.98 Å². The Hall–Kier alpha value is -2.62. The molecule has 1 aromatic heterocycles. The van der Waals surface area contributed by atoms with Crippen LogP contribution in [0.5, 0.6) is 5.75 Å². The normalized spacial score (nSPS) is 10.7. The van der Waals surface area contributed by atoms with Gasteiger partial charge < -0.3 is 9.30 Å². The summed E-state index contributed by atoms with van der Waals surface area (Å²) in [5.74, 6) is 1.59. The first kappa shape index (κ1) is 12.4. The molecule has 2 aromatic carbocycles. The number of benzene rings is 2. The third-order valence-electron chi connectivity index (χ3n) is 3.26. The zero-order valence-electron chi connectivity index (χ0n) is 11.1. The number of hydrogen-bond donors (Lipinski definition) is 0. The van der Waals surface area contributed by atoms with Gasteiger partial charge in [-0.15, -0.1) is 0 Å². The van der Waals surface area contributed by atoms with E-state index in [0.29, 0.717) is 12.2 Å². The lowest BCUT2D eigenvalue weighted by Crippen LogP contribution is -2.03. The number of imidazole rings is 1. The number of aryl methyl sites for hydroxylation is 1. The van der Waals surface area contributed by atoms with Crippen molar-refractivity contribution in [1.82, 2.24) is 9.55 Å². The van der Waals surface area contributed by atoms with Gasteiger partial charge in [0.2, 0.25) is 0 Å². The van der Waals surface area contributed by atoms with E-state index in [1.807, 2.05) is 35.9 Å². The fourth-order valence-electron chi connectivity index (χ4n) is 2.12. The molecule has 0 atom stereocenters. The number of nitrogens with zero attached hydrogens (tertiary/aromatic N) is 2. The fourth-order valence-corrected chi connectivity index (χ4v) is 2.12. The number of aromatic nitrogens is 2. The van der Waals surface area contributed by atoms with Gasteiger partial charge in [-0.05, 0) is 36.4 Å². The smallest absolute Gasteiger partial charge is 0.150 e. The van der Waals surface area contributed by atoms with Gasteiger partial charge in [0.15, 0.2) is 0 Å². The van der Waals surface area contributed by atoms with Crippen LogP contribution in [0, 0.1) is 0 Å². The van der Waals surface area contributed by atoms with Crippen LogP contribution in [0.1, 0.15) is 16.2 Å². The van der Waals surface area contributed by atoms with Gasteiger partial charge in [0.05, 0.1) is 11.0 Å². The SMILES string of the molecule is Cn1c(COc2ccc(C=O)cc2)nc2ccccc21. The van der Waals surface area contributed by atoms with Crippen molar-refractivity contribution >= 4 is 17.3 Å². The Morgan fingerprint density at radius 1 is 1.15 bits per heavy atom. The Morgan fingerprint density at radius 3 is 2.60 bits per heavy atom. The maximum Gasteiger partial charge on any atom is 0.150 e. The van der Waals surface area contributed by atoms with Crippen molar-refractivity contribution in [2.24, 2.45) is 7.05 Å². The van der Waals surface area contributed by atoms with Crippen LogP contribution in [0.4, 0.5) is 0 Å². The van der Waals surface area contributed by atoms with Gasteiger partial charge in [-0.25, -0.2) is 4.98 Å². The summed E-state index contributed by atoms with van der Waals surface area (Å²) in [5, 5.41) is 0. The molecular weight excluding hydrogens is 252 g/mol. The van der Waals surface area contributed by atoms with Crippen molar-refractivity contribution in [1.29, 1.82) is 0 Å². The van der Waals surface area contributed by atoms with Gasteiger partial charge in [0.25, 0.3) is 0 Å². The lowest BCUT2D eigenvalue weighted by atomic mass is 10.2. The molecule has 1 heterocycles. The Labute approximate surface area is 116 Å². The van der Waals surface area contributed by atoms with E-state index in [0.717, 1.165) is 28.9 Å². The fraction of sp³-hybridized carbons (Fsp3) is 0.125. The molecule has 20 heavy (non-hydrogen) atoms. The third-order valence-corrected chi connectivity index (χ3v) is 3.26. The monoisotopic (exact) mass is 266 g/mol. The van der Waals surface area contributed by atoms with Crippen molar-refractivity contribution in [2.75, 3.05) is 0 Å². The number of rotatable bonds is 4. The quantitative estimate of drug-likeness (QED) is 0.682. The zero-order chi connectivity index (χ0) is 13.9. The predicted octanol–water partition coefficient (Wildman–Crippen LogP) is 2.96. The Bertz CT molecular complexity index is 745. The summed E-state index contributed by atoms with van der Waals surface area (Å²) in [6.07, 6.45) is 0.815. The van der Waals surface area contributed by atoms with E-state index in [-0.39, 0.29) is 0 Å². The molecule has 3 rings (SSSR count). The molecule has 0 saturated heterocycles. The minimum Gasteiger partial charge on any atom is -0.486 e. The highest BCUT2D eigenvalue weighted by molar-refractivity contribution is 5.76. The number of carbonyl (C=O) groups excluding carboxylic acids is 1. The van der Waals surface area contributed by atoms with E-state index in [1.54, 1.807) is 24.3 Å². The van der Waals surface area contributed by atoms with Crippen molar-refractivity contribution in [2.45, 2.75) is 6.61 Å². The van der Waals surface area contributed by atoms with E-state index < -0.39 is 0 Å². The highest BCUT2D eigenvalue weighted by Gasteiger charge is 2.07. The van der Waals surface area contributed by atoms with Crippen molar-refractivity contribution in [3.63, 3.8) is 0 Å². The molecule has 0 aliphatic carbocycles. The first-order valence-electron chi connectivity index (χ1n) is 6.36. The molecule has 0 aliphatic heterocycles. The number of fused-ring (bicyclic) bond motifs is 1. The zero-order valence-corrected chi connectivity index (χ0v) is 11.1. The first-order valence-corrected chi connectivity index (χ1v) is 6.36. The van der Waals surface area contributed by atoms with Gasteiger partial charge >= 0.3 is 0 Å². The van der Waals surface area contributed by atoms with Crippen molar-refractivity contribution in [3.8, 4) is 5.75 Å². The summed E-state index contributed by atoms with van der Waals surface area (Å²) in [5.41, 5.74) is 2.69. The standard InChI is InChI=1S/C16H14N2O2/c1-18-15-5-3-2-4-14(15)17-16(18)11-20-13-8-6-12(10-19)7-9-13/h2-10H,11H2,1H3. The molecule has 0 spiro atoms. The molecule has 4 nitrogen and oxygen atoms in total. The largest absolute Gasteiger partial charge is 0.486 e. The molecule has 0 N–H and O–H groups in total. The molecule has 0 fully saturated rings. The second-order valence-corrected chi connectivity index (χ2v) is 4.55. The van der Waals surface area contributed by atoms with Crippen LogP contribution in [-0.2, 0) is 13.7 Å². The maximum atomic E-state index is 10.6. The minimum atomic E-state index is 0.394. The second-order valence-electron chi connectivity index (χ2n) is 4.55. The third kappa shape index (κ3) is 2.28. The lowest BCUT2D eigenvalue weighted by molar-refractivity contribution is 0.112. The molecule has 4 heteroatoms. The van der Waals surface area contributed by atoms with Crippen LogP contribution in [0.25, 0.3) is 11.0 Å². The molecular formula is C16H14N2O2. The molecule has 3 aromatic rings. The second kappa shape index (κ2) is 5.17. The average Bonchev–Trinajstić information content (AvgIpc) is 2.83. The highest BCUT2D eigenvalue weighted by atomic mass is 16.5. The average molecular weight is 266 g/mol. The van der Waals surface area contributed by atoms with Crippen LogP contribution in [0.3, 0.4) is 0 Å². The molecule has 0 amide bonds. The highest BCUT2D eigenvalue weighted by Crippen LogP contribution is 2.17. The summed E-state index contributed by atoms with van der Waals surface area (Å²) in [6.45, 7) is 0.394. The lowest BCUT2D eigenvalue weighted by Gasteiger charge is -2.06. The first-order chi connectivity index (χ1) is 9.78. The molecule has 0 aliphatic rings. The van der Waals surface area contributed by atoms with E-state index >= 15 is 0 Å². The van der Waals surface area contributed by atoms with Crippen LogP contribution in [0.15, 0.2) is 48.5 Å². The van der Waals surface area contributed by atoms with Crippen LogP contribution in [-0.4, -0.2) is 15.8 Å². The number of aldehydes is 1. The van der Waals surface area contributed by atoms with Crippen molar-refractivity contribution < 1.29 is 9.53 Å². The van der Waals surface area contributed by atoms with Gasteiger partial charge in [-0.3, -0.25) is 4.79 Å². The minimum absolute atomic E-state index is 0.394. The van der Waals surface area contributed by atoms with Gasteiger partial charge in [-0.2, -0.15) is 0 Å². The number of ether oxygens (including phenoxy) is 1. The maximum absolute atomic E-state index is 10.6. The predicted molar refractivity (Wildman–Crippen MR) is 76.9 cm³/mol. The number of para-hydroxylation sites is 2. The van der Waals surface area contributed by atoms with Crippen LogP contribution in [0.2, 0.25) is 0 Å². The van der Waals surface area contributed by atoms with Gasteiger partial charge in [0, 0.05) is 12.6 Å². The van der Waals surface area contributed by atoms with Gasteiger partial charge in [0.1, 0.15) is 24.5 Å². The van der Waals surface area contributed by atoms with Crippen LogP contribution < -0.4 is 4.74 Å². The summed E-state index contributed by atoms with van der Waals surface area (Å²) >= 11 is 0. The van der Waals surface area contributed by atoms with Gasteiger partial charge in [-0.1, -0.05) is 12.1 Å². The summed E-state index contributed by atoms with van der Waals surface area (Å²) in [4.78, 5) is 15.1. The van der Waals surface area contributed by atoms with E-state index in [9.17, 15) is 4.79 Å². The van der Waals surface area contributed by atoms with Crippen molar-refractivity contribution in [3.05, 3.63) is 59.9 Å². The summed E-state index contributed by atoms with van der Waals surface area (Å²) in [6, 6.07) is 15.0. The molecule has 0 radical (unpaired) electrons. The molecule has 0 bridgehead atoms. The Morgan fingerprint density at radius 2 is 1.90 bits per heavy atom. The van der Waals surface area contributed by atoms with Crippen LogP contribution >= 0.6 is 0 Å². The molecule has 0 unspecified atom stereocenters. The summed E-state index contributed by atoms with van der Waals surface area (Å²) < 4.78 is 7.73.